The minimum Gasteiger partial charge on any atom is -0.393 e. The highest BCUT2D eigenvalue weighted by Crippen LogP contribution is 2.34. The number of aliphatic hydroxyl groups excluding tert-OH is 2. The molecule has 38 heavy (non-hydrogen) atoms. The molecule has 0 unspecified atom stereocenters. The molecule has 0 aliphatic carbocycles. The van der Waals surface area contributed by atoms with Crippen LogP contribution in [0.4, 0.5) is 10.1 Å². The summed E-state index contributed by atoms with van der Waals surface area (Å²) in [5.74, 6) is -3.11. The monoisotopic (exact) mass is 552 g/mol. The third kappa shape index (κ3) is 7.47. The number of aliphatic hydroxyl groups is 2. The molecule has 1 aliphatic rings. The van der Waals surface area contributed by atoms with Crippen LogP contribution >= 0.6 is 0 Å². The second-order valence-electron chi connectivity index (χ2n) is 8.98. The molecule has 12 nitrogen and oxygen atoms in total. The van der Waals surface area contributed by atoms with E-state index >= 15 is 0 Å². The number of aromatic amines is 1. The average molecular weight is 553 g/mol. The van der Waals surface area contributed by atoms with Crippen LogP contribution in [0.15, 0.2) is 18.2 Å². The van der Waals surface area contributed by atoms with Crippen molar-refractivity contribution in [2.24, 2.45) is 0 Å². The van der Waals surface area contributed by atoms with E-state index in [0.717, 1.165) is 0 Å². The summed E-state index contributed by atoms with van der Waals surface area (Å²) in [5, 5.41) is 27.3. The number of benzene rings is 1. The molecule has 0 fully saturated rings. The smallest absolute Gasteiger partial charge is 0.283 e. The van der Waals surface area contributed by atoms with Crippen LogP contribution in [0, 0.1) is 19.7 Å². The lowest BCUT2D eigenvalue weighted by atomic mass is 10.0. The van der Waals surface area contributed by atoms with E-state index in [0.29, 0.717) is 33.8 Å². The number of fused-ring (bicyclic) bond motifs is 1. The zero-order valence-electron chi connectivity index (χ0n) is 20.7. The maximum absolute atomic E-state index is 13.7. The Hall–Kier alpha value is -3.59. The quantitative estimate of drug-likeness (QED) is 0.157. The number of anilines is 1. The lowest BCUT2D eigenvalue weighted by Crippen LogP contribution is -2.33. The Labute approximate surface area is 218 Å². The van der Waals surface area contributed by atoms with Gasteiger partial charge in [0.15, 0.2) is 0 Å². The highest BCUT2D eigenvalue weighted by molar-refractivity contribution is 7.85. The summed E-state index contributed by atoms with van der Waals surface area (Å²) in [5.41, 5.74) is 3.12. The maximum Gasteiger partial charge on any atom is 0.283 e. The first kappa shape index (κ1) is 29.0. The Morgan fingerprint density at radius 2 is 1.87 bits per heavy atom. The van der Waals surface area contributed by atoms with Crippen molar-refractivity contribution in [1.29, 1.82) is 0 Å². The number of rotatable bonds is 11. The van der Waals surface area contributed by atoms with Gasteiger partial charge in [0, 0.05) is 29.2 Å². The molecule has 2 aromatic rings. The lowest BCUT2D eigenvalue weighted by molar-refractivity contribution is -0.123. The van der Waals surface area contributed by atoms with Crippen molar-refractivity contribution in [3.8, 4) is 0 Å². The van der Waals surface area contributed by atoms with Crippen molar-refractivity contribution in [2.75, 3.05) is 17.7 Å². The minimum atomic E-state index is -4.39. The molecule has 3 rings (SSSR count). The number of aryl methyl sites for hydroxylation is 1. The van der Waals surface area contributed by atoms with Gasteiger partial charge in [-0.2, -0.15) is 8.42 Å². The number of H-pyrrole nitrogens is 1. The number of amides is 3. The summed E-state index contributed by atoms with van der Waals surface area (Å²) in [6, 6.07) is 3.98. The summed E-state index contributed by atoms with van der Waals surface area (Å²) in [6.45, 7) is 3.43. The molecule has 14 heteroatoms. The standard InChI is InChI=1S/C24H29FN4O8S/c1-12-20(10-18-17-7-14(25)3-4-19(17)29-23(18)33)28-13(2)22(12)24(34)26-6-5-15(30)8-16(31)9-21(32)27-11-38(35,36)37/h3-4,7,10,15-16,28,30-31H,5-6,8-9,11H2,1-2H3,(H,26,34)(H,27,32)(H,29,33)(H,35,36,37)/b18-10-/t15-,16-/m1/s1. The minimum absolute atomic E-state index is 0.0528. The first-order chi connectivity index (χ1) is 17.7. The fourth-order valence-corrected chi connectivity index (χ4v) is 4.46. The van der Waals surface area contributed by atoms with E-state index in [1.807, 2.05) is 5.32 Å². The van der Waals surface area contributed by atoms with Crippen LogP contribution in [-0.2, 0) is 19.7 Å². The number of carbonyl (C=O) groups is 3. The molecule has 2 atom stereocenters. The molecule has 0 radical (unpaired) electrons. The molecule has 1 aliphatic heterocycles. The van der Waals surface area contributed by atoms with Gasteiger partial charge in [0.2, 0.25) is 5.91 Å². The number of hydrogen-bond donors (Lipinski definition) is 7. The zero-order valence-corrected chi connectivity index (χ0v) is 21.5. The van der Waals surface area contributed by atoms with Gasteiger partial charge in [0.25, 0.3) is 21.9 Å². The Bertz CT molecular complexity index is 1390. The van der Waals surface area contributed by atoms with Crippen LogP contribution in [-0.4, -0.2) is 70.5 Å². The van der Waals surface area contributed by atoms with E-state index in [-0.39, 0.29) is 25.0 Å². The van der Waals surface area contributed by atoms with E-state index < -0.39 is 58.2 Å². The number of aromatic nitrogens is 1. The predicted octanol–water partition coefficient (Wildman–Crippen LogP) is 0.847. The third-order valence-electron chi connectivity index (χ3n) is 5.94. The van der Waals surface area contributed by atoms with Gasteiger partial charge in [0.05, 0.1) is 29.8 Å². The van der Waals surface area contributed by atoms with E-state index in [1.54, 1.807) is 19.9 Å². The summed E-state index contributed by atoms with van der Waals surface area (Å²) in [6.07, 6.45) is -1.38. The van der Waals surface area contributed by atoms with Crippen LogP contribution in [0.5, 0.6) is 0 Å². The molecule has 1 aromatic heterocycles. The fourth-order valence-electron chi connectivity index (χ4n) is 4.12. The largest absolute Gasteiger partial charge is 0.393 e. The average Bonchev–Trinajstić information content (AvgIpc) is 3.26. The van der Waals surface area contributed by atoms with Gasteiger partial charge in [-0.3, -0.25) is 18.9 Å². The molecular formula is C24H29FN4O8S. The van der Waals surface area contributed by atoms with Gasteiger partial charge in [-0.25, -0.2) is 4.39 Å². The second kappa shape index (κ2) is 11.9. The molecule has 206 valence electrons. The SMILES string of the molecule is Cc1[nH]c(/C=C2\C(=O)Nc3ccc(F)cc32)c(C)c1C(=O)NCC[C@@H](O)C[C@@H](O)CC(=O)NCS(=O)(=O)O. The van der Waals surface area contributed by atoms with E-state index in [2.05, 4.69) is 15.6 Å². The van der Waals surface area contributed by atoms with Gasteiger partial charge in [-0.15, -0.1) is 0 Å². The van der Waals surface area contributed by atoms with Crippen LogP contribution in [0.2, 0.25) is 0 Å². The predicted molar refractivity (Wildman–Crippen MR) is 136 cm³/mol. The summed E-state index contributed by atoms with van der Waals surface area (Å²) in [7, 11) is -4.39. The van der Waals surface area contributed by atoms with Crippen LogP contribution in [0.3, 0.4) is 0 Å². The number of nitrogens with one attached hydrogen (secondary N) is 4. The van der Waals surface area contributed by atoms with Crippen LogP contribution in [0.1, 0.15) is 52.1 Å². The van der Waals surface area contributed by atoms with Crippen molar-refractivity contribution in [3.05, 3.63) is 52.1 Å². The topological polar surface area (TPSA) is 198 Å². The summed E-state index contributed by atoms with van der Waals surface area (Å²) in [4.78, 5) is 39.9. The summed E-state index contributed by atoms with van der Waals surface area (Å²) < 4.78 is 43.6. The molecule has 0 saturated carbocycles. The highest BCUT2D eigenvalue weighted by atomic mass is 32.2. The molecule has 0 bridgehead atoms. The summed E-state index contributed by atoms with van der Waals surface area (Å²) >= 11 is 0. The Morgan fingerprint density at radius 3 is 2.55 bits per heavy atom. The molecule has 1 aromatic carbocycles. The molecule has 0 spiro atoms. The Balaban J connectivity index is 1.56. The molecule has 7 N–H and O–H groups in total. The van der Waals surface area contributed by atoms with Gasteiger partial charge >= 0.3 is 0 Å². The van der Waals surface area contributed by atoms with Gasteiger partial charge < -0.3 is 31.1 Å². The zero-order chi connectivity index (χ0) is 28.2. The Morgan fingerprint density at radius 1 is 1.16 bits per heavy atom. The Kier molecular flexibility index (Phi) is 9.04. The molecule has 2 heterocycles. The first-order valence-electron chi connectivity index (χ1n) is 11.6. The van der Waals surface area contributed by atoms with Crippen LogP contribution in [0.25, 0.3) is 11.6 Å². The third-order valence-corrected chi connectivity index (χ3v) is 6.45. The second-order valence-corrected chi connectivity index (χ2v) is 10.4. The van der Waals surface area contributed by atoms with Gasteiger partial charge in [-0.1, -0.05) is 0 Å². The number of halogens is 1. The number of hydrogen-bond acceptors (Lipinski definition) is 7. The molecule has 3 amide bonds. The molecule has 0 saturated heterocycles. The van der Waals surface area contributed by atoms with Gasteiger partial charge in [0.1, 0.15) is 11.7 Å². The maximum atomic E-state index is 13.7. The lowest BCUT2D eigenvalue weighted by Gasteiger charge is -2.16. The fraction of sp³-hybridized carbons (Fsp3) is 0.375. The van der Waals surface area contributed by atoms with E-state index in [1.165, 1.54) is 18.2 Å². The van der Waals surface area contributed by atoms with Crippen molar-refractivity contribution >= 4 is 45.2 Å². The van der Waals surface area contributed by atoms with E-state index in [4.69, 9.17) is 4.55 Å². The normalized spacial score (nSPS) is 15.6. The van der Waals surface area contributed by atoms with Crippen molar-refractivity contribution in [1.82, 2.24) is 15.6 Å². The molecular weight excluding hydrogens is 523 g/mol. The van der Waals surface area contributed by atoms with Crippen LogP contribution < -0.4 is 16.0 Å². The first-order valence-corrected chi connectivity index (χ1v) is 13.2. The van der Waals surface area contributed by atoms with Gasteiger partial charge in [-0.05, 0) is 56.5 Å². The van der Waals surface area contributed by atoms with Crippen molar-refractivity contribution < 1.29 is 42.0 Å². The van der Waals surface area contributed by atoms with Crippen molar-refractivity contribution in [2.45, 2.75) is 45.3 Å². The van der Waals surface area contributed by atoms with Crippen molar-refractivity contribution in [3.63, 3.8) is 0 Å². The highest BCUT2D eigenvalue weighted by Gasteiger charge is 2.26. The van der Waals surface area contributed by atoms with E-state index in [9.17, 15) is 37.4 Å². The number of carbonyl (C=O) groups excluding carboxylic acids is 3.